The predicted molar refractivity (Wildman–Crippen MR) is 118 cm³/mol. The standard InChI is InChI=1S/C24H25N3O5/c1-24(2,3)32-23(31)26-13-11-25(12-14-26)20(28)16-7-6-8-17(15-16)27-21(29)18-9-4-5-10-19(18)22(27)30/h4-10,15H,11-14H2,1-3H3. The molecule has 4 amide bonds. The van der Waals surface area contributed by atoms with Gasteiger partial charge in [-0.05, 0) is 51.1 Å². The lowest BCUT2D eigenvalue weighted by atomic mass is 10.1. The first-order valence-corrected chi connectivity index (χ1v) is 10.5. The van der Waals surface area contributed by atoms with Crippen LogP contribution in [0.15, 0.2) is 48.5 Å². The molecule has 8 heteroatoms. The van der Waals surface area contributed by atoms with Gasteiger partial charge in [-0.15, -0.1) is 0 Å². The van der Waals surface area contributed by atoms with Crippen molar-refractivity contribution in [2.24, 2.45) is 0 Å². The van der Waals surface area contributed by atoms with Gasteiger partial charge >= 0.3 is 6.09 Å². The SMILES string of the molecule is CC(C)(C)OC(=O)N1CCN(C(=O)c2cccc(N3C(=O)c4ccccc4C3=O)c2)CC1. The molecule has 2 aromatic rings. The highest BCUT2D eigenvalue weighted by Crippen LogP contribution is 2.29. The maximum Gasteiger partial charge on any atom is 0.410 e. The Morgan fingerprint density at radius 2 is 1.38 bits per heavy atom. The predicted octanol–water partition coefficient (Wildman–Crippen LogP) is 3.18. The summed E-state index contributed by atoms with van der Waals surface area (Å²) in [6.07, 6.45) is -0.391. The summed E-state index contributed by atoms with van der Waals surface area (Å²) in [7, 11) is 0. The van der Waals surface area contributed by atoms with Gasteiger partial charge in [0, 0.05) is 31.7 Å². The second-order valence-electron chi connectivity index (χ2n) is 8.80. The first kappa shape index (κ1) is 21.5. The zero-order valence-corrected chi connectivity index (χ0v) is 18.3. The summed E-state index contributed by atoms with van der Waals surface area (Å²) in [4.78, 5) is 55.1. The van der Waals surface area contributed by atoms with Crippen LogP contribution in [0, 0.1) is 0 Å². The van der Waals surface area contributed by atoms with Gasteiger partial charge in [-0.2, -0.15) is 0 Å². The molecule has 2 aromatic carbocycles. The Kier molecular flexibility index (Phi) is 5.46. The molecule has 0 aromatic heterocycles. The summed E-state index contributed by atoms with van der Waals surface area (Å²) in [5, 5.41) is 0. The molecule has 2 aliphatic heterocycles. The summed E-state index contributed by atoms with van der Waals surface area (Å²) >= 11 is 0. The lowest BCUT2D eigenvalue weighted by Gasteiger charge is -2.35. The van der Waals surface area contributed by atoms with Gasteiger partial charge in [0.05, 0.1) is 16.8 Å². The number of carbonyl (C=O) groups excluding carboxylic acids is 4. The van der Waals surface area contributed by atoms with Gasteiger partial charge in [0.25, 0.3) is 17.7 Å². The van der Waals surface area contributed by atoms with E-state index in [4.69, 9.17) is 4.74 Å². The van der Waals surface area contributed by atoms with E-state index in [1.165, 1.54) is 0 Å². The Bertz CT molecular complexity index is 1060. The molecule has 0 spiro atoms. The number of anilines is 1. The lowest BCUT2D eigenvalue weighted by molar-refractivity contribution is 0.0141. The van der Waals surface area contributed by atoms with Gasteiger partial charge in [-0.3, -0.25) is 14.4 Å². The van der Waals surface area contributed by atoms with E-state index in [0.717, 1.165) is 4.90 Å². The summed E-state index contributed by atoms with van der Waals surface area (Å²) in [6, 6.07) is 13.2. The van der Waals surface area contributed by atoms with E-state index in [1.54, 1.807) is 58.3 Å². The van der Waals surface area contributed by atoms with Crippen LogP contribution in [0.2, 0.25) is 0 Å². The van der Waals surface area contributed by atoms with Crippen molar-refractivity contribution in [1.29, 1.82) is 0 Å². The van der Waals surface area contributed by atoms with Crippen LogP contribution in [0.4, 0.5) is 10.5 Å². The van der Waals surface area contributed by atoms with Gasteiger partial charge in [0.15, 0.2) is 0 Å². The molecule has 2 aliphatic rings. The third-order valence-corrected chi connectivity index (χ3v) is 5.36. The highest BCUT2D eigenvalue weighted by Gasteiger charge is 2.36. The molecule has 0 aliphatic carbocycles. The molecule has 8 nitrogen and oxygen atoms in total. The molecule has 1 saturated heterocycles. The quantitative estimate of drug-likeness (QED) is 0.676. The molecule has 166 valence electrons. The Morgan fingerprint density at radius 1 is 0.812 bits per heavy atom. The van der Waals surface area contributed by atoms with Crippen LogP contribution >= 0.6 is 0 Å². The second kappa shape index (κ2) is 8.11. The number of amides is 4. The largest absolute Gasteiger partial charge is 0.444 e. The first-order valence-electron chi connectivity index (χ1n) is 10.5. The number of hydrogen-bond donors (Lipinski definition) is 0. The minimum Gasteiger partial charge on any atom is -0.444 e. The molecule has 2 heterocycles. The first-order chi connectivity index (χ1) is 15.2. The normalized spacial score (nSPS) is 16.3. The molecule has 0 N–H and O–H groups in total. The topological polar surface area (TPSA) is 87.2 Å². The number of nitrogens with zero attached hydrogens (tertiary/aromatic N) is 3. The smallest absolute Gasteiger partial charge is 0.410 e. The average Bonchev–Trinajstić information content (AvgIpc) is 3.02. The van der Waals surface area contributed by atoms with E-state index < -0.39 is 23.5 Å². The highest BCUT2D eigenvalue weighted by molar-refractivity contribution is 6.34. The average molecular weight is 435 g/mol. The molecular weight excluding hydrogens is 410 g/mol. The van der Waals surface area contributed by atoms with Crippen molar-refractivity contribution in [2.45, 2.75) is 26.4 Å². The van der Waals surface area contributed by atoms with Crippen molar-refractivity contribution in [2.75, 3.05) is 31.1 Å². The maximum absolute atomic E-state index is 13.1. The second-order valence-corrected chi connectivity index (χ2v) is 8.80. The molecule has 1 fully saturated rings. The minimum absolute atomic E-state index is 0.215. The molecule has 4 rings (SSSR count). The number of piperazine rings is 1. The zero-order chi connectivity index (χ0) is 23.0. The zero-order valence-electron chi connectivity index (χ0n) is 18.3. The summed E-state index contributed by atoms with van der Waals surface area (Å²) in [6.45, 7) is 6.92. The summed E-state index contributed by atoms with van der Waals surface area (Å²) in [5.41, 5.74) is 0.869. The third-order valence-electron chi connectivity index (χ3n) is 5.36. The third kappa shape index (κ3) is 4.08. The molecule has 0 bridgehead atoms. The van der Waals surface area contributed by atoms with Crippen molar-refractivity contribution in [3.8, 4) is 0 Å². The van der Waals surface area contributed by atoms with Crippen molar-refractivity contribution in [3.63, 3.8) is 0 Å². The number of rotatable bonds is 2. The van der Waals surface area contributed by atoms with Gasteiger partial charge < -0.3 is 14.5 Å². The van der Waals surface area contributed by atoms with E-state index >= 15 is 0 Å². The van der Waals surface area contributed by atoms with Crippen LogP contribution in [0.25, 0.3) is 0 Å². The van der Waals surface area contributed by atoms with E-state index in [1.807, 2.05) is 20.8 Å². The highest BCUT2D eigenvalue weighted by atomic mass is 16.6. The Balaban J connectivity index is 1.46. The van der Waals surface area contributed by atoms with Crippen LogP contribution in [-0.2, 0) is 4.74 Å². The van der Waals surface area contributed by atoms with E-state index in [9.17, 15) is 19.2 Å². The molecule has 32 heavy (non-hydrogen) atoms. The fourth-order valence-electron chi connectivity index (χ4n) is 3.80. The fraction of sp³-hybridized carbons (Fsp3) is 0.333. The van der Waals surface area contributed by atoms with Gasteiger partial charge in [0.2, 0.25) is 0 Å². The molecule has 0 atom stereocenters. The van der Waals surface area contributed by atoms with Gasteiger partial charge in [-0.25, -0.2) is 9.69 Å². The Morgan fingerprint density at radius 3 is 1.94 bits per heavy atom. The number of benzene rings is 2. The van der Waals surface area contributed by atoms with Crippen molar-refractivity contribution < 1.29 is 23.9 Å². The van der Waals surface area contributed by atoms with E-state index in [2.05, 4.69) is 0 Å². The number of fused-ring (bicyclic) bond motifs is 1. The van der Waals surface area contributed by atoms with Crippen molar-refractivity contribution in [1.82, 2.24) is 9.80 Å². The lowest BCUT2D eigenvalue weighted by Crippen LogP contribution is -2.51. The number of hydrogen-bond acceptors (Lipinski definition) is 5. The van der Waals surface area contributed by atoms with Crippen LogP contribution in [0.1, 0.15) is 51.8 Å². The van der Waals surface area contributed by atoms with Gasteiger partial charge in [-0.1, -0.05) is 18.2 Å². The maximum atomic E-state index is 13.1. The summed E-state index contributed by atoms with van der Waals surface area (Å²) in [5.74, 6) is -1.02. The van der Waals surface area contributed by atoms with Crippen molar-refractivity contribution >= 4 is 29.5 Å². The number of carbonyl (C=O) groups is 4. The number of imide groups is 1. The summed E-state index contributed by atoms with van der Waals surface area (Å²) < 4.78 is 5.39. The van der Waals surface area contributed by atoms with Crippen LogP contribution in [0.5, 0.6) is 0 Å². The van der Waals surface area contributed by atoms with Gasteiger partial charge in [0.1, 0.15) is 5.60 Å². The van der Waals surface area contributed by atoms with Crippen LogP contribution in [0.3, 0.4) is 0 Å². The minimum atomic E-state index is -0.575. The molecule has 0 saturated carbocycles. The fourth-order valence-corrected chi connectivity index (χ4v) is 3.80. The molecule has 0 radical (unpaired) electrons. The van der Waals surface area contributed by atoms with Crippen LogP contribution < -0.4 is 4.90 Å². The number of ether oxygens (including phenoxy) is 1. The molecule has 0 unspecified atom stereocenters. The molecular formula is C24H25N3O5. The van der Waals surface area contributed by atoms with E-state index in [0.29, 0.717) is 48.6 Å². The van der Waals surface area contributed by atoms with E-state index in [-0.39, 0.29) is 5.91 Å². The van der Waals surface area contributed by atoms with Crippen molar-refractivity contribution in [3.05, 3.63) is 65.2 Å². The Labute approximate surface area is 186 Å². The van der Waals surface area contributed by atoms with Crippen LogP contribution in [-0.4, -0.2) is 65.4 Å². The Hall–Kier alpha value is -3.68. The monoisotopic (exact) mass is 435 g/mol.